The highest BCUT2D eigenvalue weighted by molar-refractivity contribution is 5.73. The van der Waals surface area contributed by atoms with Crippen LogP contribution in [-0.2, 0) is 6.54 Å². The first-order chi connectivity index (χ1) is 9.65. The van der Waals surface area contributed by atoms with Crippen LogP contribution in [0.2, 0.25) is 0 Å². The van der Waals surface area contributed by atoms with Crippen molar-refractivity contribution in [1.82, 2.24) is 20.2 Å². The van der Waals surface area contributed by atoms with Crippen molar-refractivity contribution in [1.29, 1.82) is 0 Å². The summed E-state index contributed by atoms with van der Waals surface area (Å²) in [6.07, 6.45) is 9.66. The molecule has 112 valence electrons. The molecule has 0 bridgehead atoms. The zero-order valence-corrected chi connectivity index (χ0v) is 12.6. The maximum absolute atomic E-state index is 11.9. The monoisotopic (exact) mass is 278 g/mol. The number of carbonyl (C=O) groups excluding carboxylic acids is 1. The number of amides is 2. The molecule has 1 aliphatic rings. The topological polar surface area (TPSA) is 61.0 Å². The highest BCUT2D eigenvalue weighted by atomic mass is 16.2. The van der Waals surface area contributed by atoms with E-state index in [1.807, 2.05) is 6.92 Å². The second-order valence-corrected chi connectivity index (χ2v) is 5.89. The molecule has 2 N–H and O–H groups in total. The summed E-state index contributed by atoms with van der Waals surface area (Å²) in [5.41, 5.74) is 1.02. The second-order valence-electron chi connectivity index (χ2n) is 5.89. The van der Waals surface area contributed by atoms with Gasteiger partial charge in [-0.25, -0.2) is 9.78 Å². The van der Waals surface area contributed by atoms with Gasteiger partial charge in [0.05, 0.1) is 6.54 Å². The maximum atomic E-state index is 11.9. The molecule has 5 nitrogen and oxygen atoms in total. The van der Waals surface area contributed by atoms with E-state index < -0.39 is 0 Å². The van der Waals surface area contributed by atoms with Crippen molar-refractivity contribution < 1.29 is 4.79 Å². The number of aryl methyl sites for hydroxylation is 1. The van der Waals surface area contributed by atoms with Gasteiger partial charge in [-0.3, -0.25) is 0 Å². The van der Waals surface area contributed by atoms with E-state index in [9.17, 15) is 4.79 Å². The molecule has 20 heavy (non-hydrogen) atoms. The van der Waals surface area contributed by atoms with Gasteiger partial charge in [0.15, 0.2) is 0 Å². The number of aromatic nitrogens is 2. The Morgan fingerprint density at radius 1 is 1.50 bits per heavy atom. The van der Waals surface area contributed by atoms with E-state index in [0.717, 1.165) is 30.4 Å². The van der Waals surface area contributed by atoms with Gasteiger partial charge in [0.1, 0.15) is 5.82 Å². The molecule has 2 amide bonds. The second kappa shape index (κ2) is 7.31. The molecule has 0 unspecified atom stereocenters. The van der Waals surface area contributed by atoms with Crippen LogP contribution in [-0.4, -0.2) is 34.5 Å². The minimum atomic E-state index is -0.0227. The lowest BCUT2D eigenvalue weighted by atomic mass is 10.0. The fourth-order valence-electron chi connectivity index (χ4n) is 2.86. The third kappa shape index (κ3) is 4.54. The number of nitrogens with one attached hydrogen (secondary N) is 2. The summed E-state index contributed by atoms with van der Waals surface area (Å²) < 4.78 is 0. The van der Waals surface area contributed by atoms with Crippen molar-refractivity contribution in [3.8, 4) is 0 Å². The molecule has 1 heterocycles. The molecule has 2 rings (SSSR count). The minimum Gasteiger partial charge on any atom is -0.345 e. The first-order valence-electron chi connectivity index (χ1n) is 7.64. The first kappa shape index (κ1) is 14.9. The van der Waals surface area contributed by atoms with Crippen LogP contribution in [0.15, 0.2) is 6.20 Å². The van der Waals surface area contributed by atoms with Crippen LogP contribution in [0.5, 0.6) is 0 Å². The Bertz CT molecular complexity index is 423. The molecule has 0 aromatic carbocycles. The molecule has 1 saturated carbocycles. The van der Waals surface area contributed by atoms with Crippen molar-refractivity contribution in [3.05, 3.63) is 17.7 Å². The van der Waals surface area contributed by atoms with Crippen LogP contribution < -0.4 is 5.32 Å². The van der Waals surface area contributed by atoms with Gasteiger partial charge in [0.25, 0.3) is 0 Å². The highest BCUT2D eigenvalue weighted by Gasteiger charge is 2.15. The van der Waals surface area contributed by atoms with E-state index >= 15 is 0 Å². The van der Waals surface area contributed by atoms with E-state index in [1.54, 1.807) is 18.1 Å². The van der Waals surface area contributed by atoms with E-state index in [2.05, 4.69) is 15.3 Å². The Balaban J connectivity index is 1.61. The zero-order chi connectivity index (χ0) is 14.4. The molecular formula is C15H26N4O. The van der Waals surface area contributed by atoms with E-state index in [-0.39, 0.29) is 6.03 Å². The Morgan fingerprint density at radius 3 is 2.90 bits per heavy atom. The van der Waals surface area contributed by atoms with Crippen LogP contribution in [0.4, 0.5) is 4.79 Å². The van der Waals surface area contributed by atoms with Crippen LogP contribution >= 0.6 is 0 Å². The average Bonchev–Trinajstić information content (AvgIpc) is 3.06. The number of aromatic amines is 1. The highest BCUT2D eigenvalue weighted by Crippen LogP contribution is 2.28. The molecule has 0 atom stereocenters. The van der Waals surface area contributed by atoms with Crippen LogP contribution in [0.1, 0.15) is 50.0 Å². The van der Waals surface area contributed by atoms with Crippen molar-refractivity contribution in [3.63, 3.8) is 0 Å². The molecule has 1 aliphatic carbocycles. The SMILES string of the molecule is Cc1cnc(CN(C)C(=O)NCCCC2CCCC2)[nH]1. The Kier molecular flexibility index (Phi) is 5.44. The van der Waals surface area contributed by atoms with Crippen LogP contribution in [0.25, 0.3) is 0 Å². The Hall–Kier alpha value is -1.52. The lowest BCUT2D eigenvalue weighted by Crippen LogP contribution is -2.37. The number of rotatable bonds is 6. The van der Waals surface area contributed by atoms with Gasteiger partial charge in [-0.15, -0.1) is 0 Å². The molecule has 0 radical (unpaired) electrons. The van der Waals surface area contributed by atoms with Gasteiger partial charge in [-0.2, -0.15) is 0 Å². The van der Waals surface area contributed by atoms with Gasteiger partial charge in [-0.1, -0.05) is 25.7 Å². The summed E-state index contributed by atoms with van der Waals surface area (Å²) >= 11 is 0. The summed E-state index contributed by atoms with van der Waals surface area (Å²) in [6, 6.07) is -0.0227. The third-order valence-corrected chi connectivity index (χ3v) is 4.03. The lowest BCUT2D eigenvalue weighted by Gasteiger charge is -2.17. The molecule has 1 fully saturated rings. The normalized spacial score (nSPS) is 15.5. The van der Waals surface area contributed by atoms with Gasteiger partial charge in [0.2, 0.25) is 0 Å². The summed E-state index contributed by atoms with van der Waals surface area (Å²) in [5.74, 6) is 1.72. The zero-order valence-electron chi connectivity index (χ0n) is 12.6. The number of urea groups is 1. The molecular weight excluding hydrogens is 252 g/mol. The largest absolute Gasteiger partial charge is 0.345 e. The molecule has 1 aromatic heterocycles. The lowest BCUT2D eigenvalue weighted by molar-refractivity contribution is 0.205. The van der Waals surface area contributed by atoms with Gasteiger partial charge < -0.3 is 15.2 Å². The van der Waals surface area contributed by atoms with Crippen molar-refractivity contribution in [2.75, 3.05) is 13.6 Å². The number of H-pyrrole nitrogens is 1. The predicted molar refractivity (Wildman–Crippen MR) is 79.4 cm³/mol. The number of hydrogen-bond acceptors (Lipinski definition) is 2. The molecule has 0 saturated heterocycles. The maximum Gasteiger partial charge on any atom is 0.317 e. The predicted octanol–water partition coefficient (Wildman–Crippen LogP) is 2.83. The summed E-state index contributed by atoms with van der Waals surface area (Å²) in [4.78, 5) is 20.9. The van der Waals surface area contributed by atoms with Crippen molar-refractivity contribution in [2.45, 2.75) is 52.0 Å². The number of imidazole rings is 1. The van der Waals surface area contributed by atoms with Crippen molar-refractivity contribution >= 4 is 6.03 Å². The Labute approximate surface area is 121 Å². The minimum absolute atomic E-state index is 0.0227. The number of carbonyl (C=O) groups is 1. The molecule has 0 spiro atoms. The molecule has 0 aliphatic heterocycles. The smallest absolute Gasteiger partial charge is 0.317 e. The van der Waals surface area contributed by atoms with Gasteiger partial charge in [-0.05, 0) is 25.7 Å². The average molecular weight is 278 g/mol. The third-order valence-electron chi connectivity index (χ3n) is 4.03. The molecule has 5 heteroatoms. The fraction of sp³-hybridized carbons (Fsp3) is 0.733. The molecule has 1 aromatic rings. The fourth-order valence-corrected chi connectivity index (χ4v) is 2.86. The van der Waals surface area contributed by atoms with E-state index in [4.69, 9.17) is 0 Å². The van der Waals surface area contributed by atoms with Gasteiger partial charge in [0, 0.05) is 25.5 Å². The van der Waals surface area contributed by atoms with Crippen LogP contribution in [0.3, 0.4) is 0 Å². The number of hydrogen-bond donors (Lipinski definition) is 2. The Morgan fingerprint density at radius 2 is 2.25 bits per heavy atom. The summed E-state index contributed by atoms with van der Waals surface area (Å²) in [6.45, 7) is 3.25. The van der Waals surface area contributed by atoms with Gasteiger partial charge >= 0.3 is 6.03 Å². The van der Waals surface area contributed by atoms with E-state index in [0.29, 0.717) is 6.54 Å². The van der Waals surface area contributed by atoms with Crippen molar-refractivity contribution in [2.24, 2.45) is 5.92 Å². The number of nitrogens with zero attached hydrogens (tertiary/aromatic N) is 2. The quantitative estimate of drug-likeness (QED) is 0.786. The van der Waals surface area contributed by atoms with E-state index in [1.165, 1.54) is 32.1 Å². The standard InChI is InChI=1S/C15H26N4O/c1-12-10-17-14(18-12)11-19(2)15(20)16-9-5-8-13-6-3-4-7-13/h10,13H,3-9,11H2,1-2H3,(H,16,20)(H,17,18). The summed E-state index contributed by atoms with van der Waals surface area (Å²) in [5, 5.41) is 2.98. The van der Waals surface area contributed by atoms with Crippen LogP contribution in [0, 0.1) is 12.8 Å². The summed E-state index contributed by atoms with van der Waals surface area (Å²) in [7, 11) is 1.80. The first-order valence-corrected chi connectivity index (χ1v) is 7.64.